The lowest BCUT2D eigenvalue weighted by atomic mass is 10.1. The molecule has 6 heteroatoms. The Labute approximate surface area is 165 Å². The van der Waals surface area contributed by atoms with Gasteiger partial charge in [-0.1, -0.05) is 6.07 Å². The Morgan fingerprint density at radius 1 is 1.11 bits per heavy atom. The highest BCUT2D eigenvalue weighted by atomic mass is 16.5. The van der Waals surface area contributed by atoms with Gasteiger partial charge in [0.2, 0.25) is 5.91 Å². The Bertz CT molecular complexity index is 873. The average molecular weight is 379 g/mol. The number of hydrogen-bond acceptors (Lipinski definition) is 4. The van der Waals surface area contributed by atoms with Crippen LogP contribution in [0.25, 0.3) is 0 Å². The number of carbonyl (C=O) groups is 2. The molecule has 0 spiro atoms. The number of benzene rings is 2. The lowest BCUT2D eigenvalue weighted by Crippen LogP contribution is -2.40. The molecule has 0 bridgehead atoms. The van der Waals surface area contributed by atoms with Crippen LogP contribution in [0, 0.1) is 6.92 Å². The molecule has 2 heterocycles. The fourth-order valence-corrected chi connectivity index (χ4v) is 3.73. The number of fused-ring (bicyclic) bond motifs is 1. The summed E-state index contributed by atoms with van der Waals surface area (Å²) in [7, 11) is 0. The van der Waals surface area contributed by atoms with Gasteiger partial charge in [-0.05, 0) is 61.7 Å². The molecular weight excluding hydrogens is 354 g/mol. The molecule has 0 unspecified atom stereocenters. The number of aryl methyl sites for hydroxylation is 1. The maximum atomic E-state index is 12.4. The van der Waals surface area contributed by atoms with E-state index >= 15 is 0 Å². The molecule has 0 atom stereocenters. The first-order chi connectivity index (χ1) is 13.6. The predicted molar refractivity (Wildman–Crippen MR) is 110 cm³/mol. The van der Waals surface area contributed by atoms with Crippen molar-refractivity contribution in [2.24, 2.45) is 0 Å². The lowest BCUT2D eigenvalue weighted by molar-refractivity contribution is -0.121. The maximum absolute atomic E-state index is 12.4. The number of nitrogens with one attached hydrogen (secondary N) is 1. The zero-order valence-electron chi connectivity index (χ0n) is 16.1. The minimum atomic E-state index is -0.124. The van der Waals surface area contributed by atoms with E-state index in [0.717, 1.165) is 30.0 Å². The average Bonchev–Trinajstić information content (AvgIpc) is 3.22. The summed E-state index contributed by atoms with van der Waals surface area (Å²) in [5.41, 5.74) is 3.75. The minimum absolute atomic E-state index is 0.00957. The molecule has 2 aromatic carbocycles. The van der Waals surface area contributed by atoms with Gasteiger partial charge in [-0.3, -0.25) is 9.59 Å². The van der Waals surface area contributed by atoms with Gasteiger partial charge in [0.15, 0.2) is 6.61 Å². The second kappa shape index (κ2) is 7.92. The standard InChI is InChI=1S/C22H25N3O3/c1-16-4-9-20-19(14-16)25(22(27)15-28-20)13-10-21(26)23-17-5-7-18(8-6-17)24-11-2-3-12-24/h4-9,14H,2-3,10-13,15H2,1H3,(H,23,26). The summed E-state index contributed by atoms with van der Waals surface area (Å²) < 4.78 is 5.48. The van der Waals surface area contributed by atoms with E-state index < -0.39 is 0 Å². The Morgan fingerprint density at radius 3 is 2.61 bits per heavy atom. The summed E-state index contributed by atoms with van der Waals surface area (Å²) >= 11 is 0. The van der Waals surface area contributed by atoms with Crippen molar-refractivity contribution < 1.29 is 14.3 Å². The summed E-state index contributed by atoms with van der Waals surface area (Å²) in [5, 5.41) is 2.92. The number of hydrogen-bond donors (Lipinski definition) is 1. The van der Waals surface area contributed by atoms with Crippen molar-refractivity contribution in [1.29, 1.82) is 0 Å². The highest BCUT2D eigenvalue weighted by Gasteiger charge is 2.25. The number of amides is 2. The highest BCUT2D eigenvalue weighted by molar-refractivity contribution is 5.99. The molecule has 2 aromatic rings. The van der Waals surface area contributed by atoms with Gasteiger partial charge < -0.3 is 19.9 Å². The molecular formula is C22H25N3O3. The van der Waals surface area contributed by atoms with Gasteiger partial charge in [-0.25, -0.2) is 0 Å². The molecule has 0 aromatic heterocycles. The third kappa shape index (κ3) is 3.96. The molecule has 2 amide bonds. The summed E-state index contributed by atoms with van der Waals surface area (Å²) in [5.74, 6) is 0.450. The molecule has 4 rings (SSSR count). The fourth-order valence-electron chi connectivity index (χ4n) is 3.73. The van der Waals surface area contributed by atoms with Crippen LogP contribution in [-0.4, -0.2) is 38.1 Å². The molecule has 2 aliphatic rings. The van der Waals surface area contributed by atoms with Gasteiger partial charge in [0, 0.05) is 37.4 Å². The molecule has 2 aliphatic heterocycles. The van der Waals surface area contributed by atoms with Crippen LogP contribution in [0.3, 0.4) is 0 Å². The Kier molecular flexibility index (Phi) is 5.19. The molecule has 0 saturated carbocycles. The summed E-state index contributed by atoms with van der Waals surface area (Å²) in [4.78, 5) is 28.7. The number of rotatable bonds is 5. The number of ether oxygens (including phenoxy) is 1. The normalized spacial score (nSPS) is 16.0. The molecule has 0 radical (unpaired) electrons. The monoisotopic (exact) mass is 379 g/mol. The maximum Gasteiger partial charge on any atom is 0.265 e. The number of carbonyl (C=O) groups excluding carboxylic acids is 2. The Morgan fingerprint density at radius 2 is 1.86 bits per heavy atom. The van der Waals surface area contributed by atoms with Gasteiger partial charge in [-0.2, -0.15) is 0 Å². The van der Waals surface area contributed by atoms with E-state index in [-0.39, 0.29) is 24.8 Å². The SMILES string of the molecule is Cc1ccc2c(c1)N(CCC(=O)Nc1ccc(N3CCCC3)cc1)C(=O)CO2. The van der Waals surface area contributed by atoms with Gasteiger partial charge in [0.05, 0.1) is 5.69 Å². The van der Waals surface area contributed by atoms with Crippen molar-refractivity contribution in [2.75, 3.05) is 41.4 Å². The molecule has 146 valence electrons. The van der Waals surface area contributed by atoms with Crippen LogP contribution in [0.4, 0.5) is 17.1 Å². The van der Waals surface area contributed by atoms with Crippen LogP contribution in [0.2, 0.25) is 0 Å². The van der Waals surface area contributed by atoms with Crippen LogP contribution in [0.1, 0.15) is 24.8 Å². The predicted octanol–water partition coefficient (Wildman–Crippen LogP) is 3.35. The van der Waals surface area contributed by atoms with Gasteiger partial charge in [-0.15, -0.1) is 0 Å². The highest BCUT2D eigenvalue weighted by Crippen LogP contribution is 2.33. The van der Waals surface area contributed by atoms with Crippen LogP contribution >= 0.6 is 0 Å². The molecule has 1 saturated heterocycles. The number of anilines is 3. The zero-order chi connectivity index (χ0) is 19.5. The van der Waals surface area contributed by atoms with Gasteiger partial charge in [0.25, 0.3) is 5.91 Å². The largest absolute Gasteiger partial charge is 0.482 e. The van der Waals surface area contributed by atoms with E-state index in [4.69, 9.17) is 4.74 Å². The molecule has 6 nitrogen and oxygen atoms in total. The van der Waals surface area contributed by atoms with Crippen LogP contribution in [-0.2, 0) is 9.59 Å². The van der Waals surface area contributed by atoms with Crippen molar-refractivity contribution in [3.05, 3.63) is 48.0 Å². The summed E-state index contributed by atoms with van der Waals surface area (Å²) in [6.07, 6.45) is 2.70. The zero-order valence-corrected chi connectivity index (χ0v) is 16.1. The topological polar surface area (TPSA) is 61.9 Å². The van der Waals surface area contributed by atoms with E-state index in [1.807, 2.05) is 49.4 Å². The quantitative estimate of drug-likeness (QED) is 0.865. The summed E-state index contributed by atoms with van der Waals surface area (Å²) in [6.45, 7) is 4.50. The second-order valence-corrected chi connectivity index (χ2v) is 7.34. The van der Waals surface area contributed by atoms with E-state index in [9.17, 15) is 9.59 Å². The number of nitrogens with zero attached hydrogens (tertiary/aromatic N) is 2. The minimum Gasteiger partial charge on any atom is -0.482 e. The fraction of sp³-hybridized carbons (Fsp3) is 0.364. The van der Waals surface area contributed by atoms with Crippen LogP contribution in [0.15, 0.2) is 42.5 Å². The van der Waals surface area contributed by atoms with Crippen LogP contribution in [0.5, 0.6) is 5.75 Å². The summed E-state index contributed by atoms with van der Waals surface area (Å²) in [6, 6.07) is 13.7. The van der Waals surface area contributed by atoms with Crippen molar-refractivity contribution in [1.82, 2.24) is 0 Å². The van der Waals surface area contributed by atoms with E-state index in [0.29, 0.717) is 12.3 Å². The van der Waals surface area contributed by atoms with Gasteiger partial charge >= 0.3 is 0 Å². The lowest BCUT2D eigenvalue weighted by Gasteiger charge is -2.29. The first-order valence-electron chi connectivity index (χ1n) is 9.79. The van der Waals surface area contributed by atoms with E-state index in [1.54, 1.807) is 4.90 Å². The van der Waals surface area contributed by atoms with E-state index in [2.05, 4.69) is 10.2 Å². The van der Waals surface area contributed by atoms with Crippen molar-refractivity contribution in [3.8, 4) is 5.75 Å². The molecule has 1 N–H and O–H groups in total. The van der Waals surface area contributed by atoms with Crippen LogP contribution < -0.4 is 19.9 Å². The van der Waals surface area contributed by atoms with Crippen molar-refractivity contribution >= 4 is 28.9 Å². The molecule has 0 aliphatic carbocycles. The Hall–Kier alpha value is -3.02. The third-order valence-corrected chi connectivity index (χ3v) is 5.24. The second-order valence-electron chi connectivity index (χ2n) is 7.34. The molecule has 1 fully saturated rings. The Balaban J connectivity index is 1.36. The van der Waals surface area contributed by atoms with E-state index in [1.165, 1.54) is 18.5 Å². The van der Waals surface area contributed by atoms with Crippen molar-refractivity contribution in [2.45, 2.75) is 26.2 Å². The first-order valence-corrected chi connectivity index (χ1v) is 9.79. The third-order valence-electron chi connectivity index (χ3n) is 5.24. The smallest absolute Gasteiger partial charge is 0.265 e. The first kappa shape index (κ1) is 18.3. The van der Waals surface area contributed by atoms with Gasteiger partial charge in [0.1, 0.15) is 5.75 Å². The molecule has 28 heavy (non-hydrogen) atoms. The van der Waals surface area contributed by atoms with Crippen molar-refractivity contribution in [3.63, 3.8) is 0 Å².